The first-order valence-electron chi connectivity index (χ1n) is 22.6. The zero-order chi connectivity index (χ0) is 35.7. The summed E-state index contributed by atoms with van der Waals surface area (Å²) in [5.74, 6) is 0.561. The molecule has 1 atom stereocenters. The van der Waals surface area contributed by atoms with Crippen LogP contribution >= 0.6 is 0 Å². The molecule has 1 amide bonds. The van der Waals surface area contributed by atoms with Crippen molar-refractivity contribution >= 4 is 11.7 Å². The lowest BCUT2D eigenvalue weighted by molar-refractivity contribution is -0.121. The topological polar surface area (TPSA) is 66.4 Å². The van der Waals surface area contributed by atoms with Crippen LogP contribution in [0.3, 0.4) is 0 Å². The molecule has 49 heavy (non-hydrogen) atoms. The van der Waals surface area contributed by atoms with E-state index in [4.69, 9.17) is 0 Å². The van der Waals surface area contributed by atoms with Crippen molar-refractivity contribution in [2.24, 2.45) is 0 Å². The van der Waals surface area contributed by atoms with E-state index in [1.54, 1.807) is 0 Å². The minimum absolute atomic E-state index is 0.0869. The van der Waals surface area contributed by atoms with Crippen LogP contribution in [-0.4, -0.2) is 29.4 Å². The highest BCUT2D eigenvalue weighted by atomic mass is 16.3. The van der Waals surface area contributed by atoms with Gasteiger partial charge in [0.15, 0.2) is 0 Å². The van der Waals surface area contributed by atoms with Gasteiger partial charge in [0, 0.05) is 25.8 Å². The Morgan fingerprint density at radius 1 is 0.388 bits per heavy atom. The van der Waals surface area contributed by atoms with E-state index in [1.807, 2.05) is 0 Å². The van der Waals surface area contributed by atoms with E-state index >= 15 is 0 Å². The summed E-state index contributed by atoms with van der Waals surface area (Å²) in [6, 6.07) is 0. The Bertz CT molecular complexity index is 666. The van der Waals surface area contributed by atoms with E-state index in [0.29, 0.717) is 18.7 Å². The highest BCUT2D eigenvalue weighted by Gasteiger charge is 2.07. The molecule has 0 saturated carbocycles. The summed E-state index contributed by atoms with van der Waals surface area (Å²) in [5, 5.41) is 13.2. The third-order valence-corrected chi connectivity index (χ3v) is 10.6. The summed E-state index contributed by atoms with van der Waals surface area (Å²) < 4.78 is 0. The number of hydrogen-bond acceptors (Lipinski definition) is 3. The van der Waals surface area contributed by atoms with Gasteiger partial charge < -0.3 is 10.4 Å². The zero-order valence-corrected chi connectivity index (χ0v) is 33.6. The molecular weight excluding hydrogens is 602 g/mol. The van der Waals surface area contributed by atoms with Crippen molar-refractivity contribution in [3.05, 3.63) is 0 Å². The molecule has 292 valence electrons. The van der Waals surface area contributed by atoms with Crippen molar-refractivity contribution in [3.63, 3.8) is 0 Å². The molecule has 0 aliphatic heterocycles. The van der Waals surface area contributed by atoms with Crippen LogP contribution in [0.15, 0.2) is 0 Å². The van der Waals surface area contributed by atoms with Crippen LogP contribution in [0.5, 0.6) is 0 Å². The first kappa shape index (κ1) is 48.1. The summed E-state index contributed by atoms with van der Waals surface area (Å²) in [6.45, 7) is 4.96. The number of unbranched alkanes of at least 4 members (excludes halogenated alkanes) is 32. The van der Waals surface area contributed by atoms with Crippen LogP contribution < -0.4 is 5.32 Å². The minimum atomic E-state index is -0.407. The molecule has 0 aromatic rings. The predicted octanol–water partition coefficient (Wildman–Crippen LogP) is 14.3. The normalized spacial score (nSPS) is 12.1. The number of amides is 1. The Kier molecular flexibility index (Phi) is 40.8. The van der Waals surface area contributed by atoms with Gasteiger partial charge in [0.1, 0.15) is 5.78 Å². The number of rotatable bonds is 42. The molecule has 0 heterocycles. The van der Waals surface area contributed by atoms with Crippen LogP contribution in [0.2, 0.25) is 0 Å². The van der Waals surface area contributed by atoms with Gasteiger partial charge in [-0.3, -0.25) is 9.59 Å². The van der Waals surface area contributed by atoms with E-state index < -0.39 is 6.10 Å². The van der Waals surface area contributed by atoms with Crippen LogP contribution in [-0.2, 0) is 9.59 Å². The van der Waals surface area contributed by atoms with Crippen LogP contribution in [0.1, 0.15) is 264 Å². The van der Waals surface area contributed by atoms with E-state index in [2.05, 4.69) is 19.2 Å². The van der Waals surface area contributed by atoms with Crippen LogP contribution in [0.25, 0.3) is 0 Å². The molecule has 0 aliphatic carbocycles. The number of aliphatic hydroxyl groups is 1. The van der Waals surface area contributed by atoms with Crippen molar-refractivity contribution in [2.75, 3.05) is 6.54 Å². The molecule has 4 nitrogen and oxygen atoms in total. The summed E-state index contributed by atoms with van der Waals surface area (Å²) in [5.41, 5.74) is 0. The summed E-state index contributed by atoms with van der Waals surface area (Å²) in [4.78, 5) is 24.3. The lowest BCUT2D eigenvalue weighted by atomic mass is 10.0. The second-order valence-electron chi connectivity index (χ2n) is 15.7. The number of ketones is 1. The molecule has 0 unspecified atom stereocenters. The molecule has 0 radical (unpaired) electrons. The second-order valence-corrected chi connectivity index (χ2v) is 15.7. The van der Waals surface area contributed by atoms with Gasteiger partial charge in [-0.1, -0.05) is 219 Å². The maximum atomic E-state index is 12.2. The Balaban J connectivity index is 3.32. The monoisotopic (exact) mass is 692 g/mol. The molecule has 0 aromatic carbocycles. The molecule has 0 fully saturated rings. The van der Waals surface area contributed by atoms with Gasteiger partial charge in [-0.15, -0.1) is 0 Å². The van der Waals surface area contributed by atoms with Crippen molar-refractivity contribution in [1.29, 1.82) is 0 Å². The quantitative estimate of drug-likeness (QED) is 0.0626. The zero-order valence-electron chi connectivity index (χ0n) is 33.6. The van der Waals surface area contributed by atoms with Crippen LogP contribution in [0.4, 0.5) is 0 Å². The minimum Gasteiger partial charge on any atom is -0.391 e. The van der Waals surface area contributed by atoms with Crippen molar-refractivity contribution in [3.8, 4) is 0 Å². The van der Waals surface area contributed by atoms with Gasteiger partial charge >= 0.3 is 0 Å². The average molecular weight is 692 g/mol. The van der Waals surface area contributed by atoms with Gasteiger partial charge in [-0.05, 0) is 25.7 Å². The summed E-state index contributed by atoms with van der Waals surface area (Å²) in [7, 11) is 0. The fourth-order valence-corrected chi connectivity index (χ4v) is 7.13. The van der Waals surface area contributed by atoms with Crippen molar-refractivity contribution in [1.82, 2.24) is 5.32 Å². The predicted molar refractivity (Wildman–Crippen MR) is 215 cm³/mol. The molecule has 4 heteroatoms. The van der Waals surface area contributed by atoms with Crippen molar-refractivity contribution < 1.29 is 14.7 Å². The van der Waals surface area contributed by atoms with Crippen molar-refractivity contribution in [2.45, 2.75) is 270 Å². The van der Waals surface area contributed by atoms with Crippen LogP contribution in [0, 0.1) is 0 Å². The Labute approximate surface area is 307 Å². The van der Waals surface area contributed by atoms with Gasteiger partial charge in [0.25, 0.3) is 0 Å². The smallest absolute Gasteiger partial charge is 0.220 e. The SMILES string of the molecule is CCCCCCCCCCCCCCCCCC[C@@H](O)CNC(=O)CCCCCCCCCCC(=O)CCCCCCCCCCCCC. The number of hydrogen-bond donors (Lipinski definition) is 2. The third-order valence-electron chi connectivity index (χ3n) is 10.6. The van der Waals surface area contributed by atoms with Gasteiger partial charge in [0.05, 0.1) is 6.10 Å². The molecule has 0 aliphatic rings. The first-order valence-corrected chi connectivity index (χ1v) is 22.6. The molecular formula is C45H89NO3. The maximum Gasteiger partial charge on any atom is 0.220 e. The van der Waals surface area contributed by atoms with E-state index in [1.165, 1.54) is 193 Å². The summed E-state index contributed by atoms with van der Waals surface area (Å²) >= 11 is 0. The molecule has 0 rings (SSSR count). The number of carbonyl (C=O) groups is 2. The fraction of sp³-hybridized carbons (Fsp3) is 0.956. The third kappa shape index (κ3) is 41.4. The number of Topliss-reactive ketones (excluding diaryl/α,β-unsaturated/α-hetero) is 1. The highest BCUT2D eigenvalue weighted by molar-refractivity contribution is 5.78. The Hall–Kier alpha value is -0.900. The Morgan fingerprint density at radius 3 is 0.980 bits per heavy atom. The standard InChI is InChI=1S/C45H89NO3/c1-3-5-7-9-11-13-15-16-17-18-19-21-23-28-32-36-40-44(48)42-46-45(49)41-37-33-29-25-24-27-31-35-39-43(47)38-34-30-26-22-20-14-12-10-8-6-4-2/h44,48H,3-42H2,1-2H3,(H,46,49)/t44-/m1/s1. The first-order chi connectivity index (χ1) is 24.1. The van der Waals surface area contributed by atoms with E-state index in [0.717, 1.165) is 51.4 Å². The molecule has 0 saturated heterocycles. The number of aliphatic hydroxyl groups excluding tert-OH is 1. The second kappa shape index (κ2) is 41.5. The number of carbonyl (C=O) groups excluding carboxylic acids is 2. The average Bonchev–Trinajstić information content (AvgIpc) is 3.10. The van der Waals surface area contributed by atoms with Gasteiger partial charge in [0.2, 0.25) is 5.91 Å². The highest BCUT2D eigenvalue weighted by Crippen LogP contribution is 2.16. The molecule has 0 aromatic heterocycles. The van der Waals surface area contributed by atoms with E-state index in [-0.39, 0.29) is 5.91 Å². The lowest BCUT2D eigenvalue weighted by Gasteiger charge is -2.12. The fourth-order valence-electron chi connectivity index (χ4n) is 7.13. The molecule has 0 bridgehead atoms. The summed E-state index contributed by atoms with van der Waals surface area (Å²) in [6.07, 6.45) is 48.1. The van der Waals surface area contributed by atoms with Gasteiger partial charge in [-0.2, -0.15) is 0 Å². The largest absolute Gasteiger partial charge is 0.391 e. The lowest BCUT2D eigenvalue weighted by Crippen LogP contribution is -2.31. The van der Waals surface area contributed by atoms with Gasteiger partial charge in [-0.25, -0.2) is 0 Å². The molecule has 2 N–H and O–H groups in total. The maximum absolute atomic E-state index is 12.2. The Morgan fingerprint density at radius 2 is 0.653 bits per heavy atom. The van der Waals surface area contributed by atoms with E-state index in [9.17, 15) is 14.7 Å². The number of nitrogens with one attached hydrogen (secondary N) is 1. The molecule has 0 spiro atoms.